The normalized spacial score (nSPS) is 15.0. The average Bonchev–Trinajstić information content (AvgIpc) is 3.17. The summed E-state index contributed by atoms with van der Waals surface area (Å²) in [4.78, 5) is 39.8. The summed E-state index contributed by atoms with van der Waals surface area (Å²) in [6.45, 7) is 3.46. The van der Waals surface area contributed by atoms with Crippen molar-refractivity contribution in [1.82, 2.24) is 5.32 Å². The van der Waals surface area contributed by atoms with E-state index in [0.29, 0.717) is 27.7 Å². The summed E-state index contributed by atoms with van der Waals surface area (Å²) in [5.74, 6) is -0.724. The molecular formula is C30H27ClN2O5. The molecule has 0 fully saturated rings. The number of benzene rings is 3. The first-order chi connectivity index (χ1) is 18.3. The first-order valence-electron chi connectivity index (χ1n) is 12.0. The molecule has 0 spiro atoms. The molecule has 1 N–H and O–H groups in total. The Hall–Kier alpha value is -4.36. The molecule has 7 nitrogen and oxygen atoms in total. The zero-order valence-corrected chi connectivity index (χ0v) is 22.0. The van der Waals surface area contributed by atoms with Gasteiger partial charge in [0.05, 0.1) is 30.0 Å². The van der Waals surface area contributed by atoms with Crippen molar-refractivity contribution in [2.24, 2.45) is 0 Å². The Morgan fingerprint density at radius 3 is 2.39 bits per heavy atom. The zero-order valence-electron chi connectivity index (χ0n) is 21.2. The van der Waals surface area contributed by atoms with Gasteiger partial charge in [-0.15, -0.1) is 0 Å². The van der Waals surface area contributed by atoms with Gasteiger partial charge in [-0.2, -0.15) is 0 Å². The van der Waals surface area contributed by atoms with Gasteiger partial charge in [0.25, 0.3) is 11.8 Å². The summed E-state index contributed by atoms with van der Waals surface area (Å²) >= 11 is 6.13. The van der Waals surface area contributed by atoms with Crippen LogP contribution in [0.1, 0.15) is 31.0 Å². The molecule has 0 aromatic heterocycles. The van der Waals surface area contributed by atoms with Crippen molar-refractivity contribution >= 4 is 41.1 Å². The average molecular weight is 531 g/mol. The molecule has 1 aliphatic heterocycles. The van der Waals surface area contributed by atoms with E-state index in [2.05, 4.69) is 5.32 Å². The molecule has 0 saturated carbocycles. The van der Waals surface area contributed by atoms with Crippen molar-refractivity contribution in [3.63, 3.8) is 0 Å². The molecular weight excluding hydrogens is 504 g/mol. The SMILES string of the molecule is COC(=O)C1=C(C)N(c2cccc(Cl)c2)C(=O)/C1=C\c1ccc(OCC(=O)N[C@H](C)c2ccccc2)cc1. The molecule has 0 aliphatic carbocycles. The summed E-state index contributed by atoms with van der Waals surface area (Å²) in [5.41, 5.74) is 3.06. The molecule has 38 heavy (non-hydrogen) atoms. The lowest BCUT2D eigenvalue weighted by atomic mass is 10.0. The van der Waals surface area contributed by atoms with Gasteiger partial charge in [0, 0.05) is 10.7 Å². The molecule has 0 bridgehead atoms. The van der Waals surface area contributed by atoms with Crippen LogP contribution in [0, 0.1) is 0 Å². The molecule has 4 rings (SSSR count). The van der Waals surface area contributed by atoms with Gasteiger partial charge in [-0.25, -0.2) is 4.79 Å². The van der Waals surface area contributed by atoms with E-state index >= 15 is 0 Å². The maximum absolute atomic E-state index is 13.4. The topological polar surface area (TPSA) is 84.9 Å². The molecule has 3 aromatic rings. The third kappa shape index (κ3) is 5.95. The molecule has 0 saturated heterocycles. The fraction of sp³-hybridized carbons (Fsp3) is 0.167. The van der Waals surface area contributed by atoms with Crippen LogP contribution < -0.4 is 15.0 Å². The smallest absolute Gasteiger partial charge is 0.340 e. The summed E-state index contributed by atoms with van der Waals surface area (Å²) in [6, 6.07) is 23.2. The lowest BCUT2D eigenvalue weighted by Crippen LogP contribution is -2.31. The van der Waals surface area contributed by atoms with Crippen molar-refractivity contribution in [2.45, 2.75) is 19.9 Å². The molecule has 1 heterocycles. The summed E-state index contributed by atoms with van der Waals surface area (Å²) < 4.78 is 10.6. The number of rotatable bonds is 8. The minimum atomic E-state index is -0.609. The molecule has 0 unspecified atom stereocenters. The van der Waals surface area contributed by atoms with Crippen LogP contribution in [0.5, 0.6) is 5.75 Å². The fourth-order valence-corrected chi connectivity index (χ4v) is 4.37. The van der Waals surface area contributed by atoms with Gasteiger partial charge in [-0.3, -0.25) is 14.5 Å². The van der Waals surface area contributed by atoms with Crippen molar-refractivity contribution in [3.8, 4) is 5.75 Å². The summed E-state index contributed by atoms with van der Waals surface area (Å²) in [6.07, 6.45) is 1.63. The minimum absolute atomic E-state index is 0.140. The second kappa shape index (κ2) is 11.8. The van der Waals surface area contributed by atoms with E-state index in [1.807, 2.05) is 37.3 Å². The summed E-state index contributed by atoms with van der Waals surface area (Å²) in [5, 5.41) is 3.38. The van der Waals surface area contributed by atoms with E-state index in [-0.39, 0.29) is 35.6 Å². The first-order valence-corrected chi connectivity index (χ1v) is 12.3. The highest BCUT2D eigenvalue weighted by molar-refractivity contribution is 6.31. The van der Waals surface area contributed by atoms with E-state index in [1.54, 1.807) is 61.5 Å². The van der Waals surface area contributed by atoms with E-state index in [0.717, 1.165) is 5.56 Å². The highest BCUT2D eigenvalue weighted by Crippen LogP contribution is 2.36. The Morgan fingerprint density at radius 1 is 1.03 bits per heavy atom. The number of halogens is 1. The van der Waals surface area contributed by atoms with Crippen LogP contribution in [0.4, 0.5) is 5.69 Å². The van der Waals surface area contributed by atoms with Crippen LogP contribution in [0.25, 0.3) is 6.08 Å². The first kappa shape index (κ1) is 26.7. The number of hydrogen-bond donors (Lipinski definition) is 1. The standard InChI is InChI=1S/C30H27ClN2O5/c1-19(22-8-5-4-6-9-22)32-27(34)18-38-25-14-12-21(13-15-25)16-26-28(30(36)37-3)20(2)33(29(26)35)24-11-7-10-23(31)17-24/h4-17,19H,18H2,1-3H3,(H,32,34)/b26-16-/t19-/m1/s1. The second-order valence-electron chi connectivity index (χ2n) is 8.69. The van der Waals surface area contributed by atoms with Gasteiger partial charge in [-0.1, -0.05) is 60.1 Å². The van der Waals surface area contributed by atoms with Gasteiger partial charge < -0.3 is 14.8 Å². The third-order valence-corrected chi connectivity index (χ3v) is 6.33. The number of nitrogens with zero attached hydrogens (tertiary/aromatic N) is 1. The Labute approximate surface area is 226 Å². The second-order valence-corrected chi connectivity index (χ2v) is 9.12. The van der Waals surface area contributed by atoms with E-state index < -0.39 is 5.97 Å². The fourth-order valence-electron chi connectivity index (χ4n) is 4.19. The minimum Gasteiger partial charge on any atom is -0.484 e. The number of anilines is 1. The molecule has 3 aromatic carbocycles. The predicted molar refractivity (Wildman–Crippen MR) is 147 cm³/mol. The van der Waals surface area contributed by atoms with Crippen LogP contribution >= 0.6 is 11.6 Å². The van der Waals surface area contributed by atoms with E-state index in [4.69, 9.17) is 21.1 Å². The number of esters is 1. The molecule has 0 radical (unpaired) electrons. The lowest BCUT2D eigenvalue weighted by Gasteiger charge is -2.18. The quantitative estimate of drug-likeness (QED) is 0.308. The van der Waals surface area contributed by atoms with Gasteiger partial charge >= 0.3 is 5.97 Å². The Morgan fingerprint density at radius 2 is 1.74 bits per heavy atom. The zero-order chi connectivity index (χ0) is 27.2. The number of nitrogens with one attached hydrogen (secondary N) is 1. The monoisotopic (exact) mass is 530 g/mol. The number of ether oxygens (including phenoxy) is 2. The molecule has 1 aliphatic rings. The van der Waals surface area contributed by atoms with Crippen molar-refractivity contribution in [3.05, 3.63) is 112 Å². The third-order valence-electron chi connectivity index (χ3n) is 6.09. The Balaban J connectivity index is 1.47. The number of allylic oxidation sites excluding steroid dienone is 1. The van der Waals surface area contributed by atoms with Gasteiger partial charge in [0.2, 0.25) is 0 Å². The van der Waals surface area contributed by atoms with Crippen LogP contribution in [-0.2, 0) is 19.1 Å². The summed E-state index contributed by atoms with van der Waals surface area (Å²) in [7, 11) is 1.27. The van der Waals surface area contributed by atoms with Gasteiger partial charge in [0.1, 0.15) is 5.75 Å². The van der Waals surface area contributed by atoms with Crippen LogP contribution in [-0.4, -0.2) is 31.5 Å². The van der Waals surface area contributed by atoms with Crippen LogP contribution in [0.15, 0.2) is 95.7 Å². The highest BCUT2D eigenvalue weighted by atomic mass is 35.5. The predicted octanol–water partition coefficient (Wildman–Crippen LogP) is 5.47. The number of hydrogen-bond acceptors (Lipinski definition) is 5. The molecule has 1 atom stereocenters. The maximum Gasteiger partial charge on any atom is 0.340 e. The lowest BCUT2D eigenvalue weighted by molar-refractivity contribution is -0.136. The van der Waals surface area contributed by atoms with Crippen molar-refractivity contribution < 1.29 is 23.9 Å². The number of methoxy groups -OCH3 is 1. The van der Waals surface area contributed by atoms with E-state index in [9.17, 15) is 14.4 Å². The van der Waals surface area contributed by atoms with Gasteiger partial charge in [0.15, 0.2) is 6.61 Å². The Bertz CT molecular complexity index is 1410. The number of carbonyl (C=O) groups excluding carboxylic acids is 3. The van der Waals surface area contributed by atoms with Crippen molar-refractivity contribution in [1.29, 1.82) is 0 Å². The number of amides is 2. The Kier molecular flexibility index (Phi) is 8.28. The molecule has 8 heteroatoms. The largest absolute Gasteiger partial charge is 0.484 e. The van der Waals surface area contributed by atoms with E-state index in [1.165, 1.54) is 12.0 Å². The van der Waals surface area contributed by atoms with Crippen molar-refractivity contribution in [2.75, 3.05) is 18.6 Å². The maximum atomic E-state index is 13.4. The van der Waals surface area contributed by atoms with Crippen LogP contribution in [0.2, 0.25) is 5.02 Å². The number of carbonyl (C=O) groups is 3. The molecule has 194 valence electrons. The highest BCUT2D eigenvalue weighted by Gasteiger charge is 2.37. The molecule has 2 amide bonds. The van der Waals surface area contributed by atoms with Crippen LogP contribution in [0.3, 0.4) is 0 Å². The van der Waals surface area contributed by atoms with Gasteiger partial charge in [-0.05, 0) is 61.4 Å².